The molecule has 0 saturated heterocycles. The maximum atomic E-state index is 12.0. The normalized spacial score (nSPS) is 16.0. The zero-order chi connectivity index (χ0) is 12.3. The van der Waals surface area contributed by atoms with Gasteiger partial charge in [-0.3, -0.25) is 4.68 Å². The molecule has 1 heterocycles. The Morgan fingerprint density at radius 1 is 1.56 bits per heavy atom. The predicted molar refractivity (Wildman–Crippen MR) is 65.9 cm³/mol. The molecular weight excluding hydrogens is 294 g/mol. The topological polar surface area (TPSA) is 64.0 Å². The summed E-state index contributed by atoms with van der Waals surface area (Å²) >= 11 is 3.33. The lowest BCUT2D eigenvalue weighted by atomic mass is 10.1. The zero-order valence-electron chi connectivity index (χ0n) is 9.51. The van der Waals surface area contributed by atoms with Crippen molar-refractivity contribution in [1.29, 1.82) is 0 Å². The van der Waals surface area contributed by atoms with Gasteiger partial charge >= 0.3 is 0 Å². The number of nitrogens with zero attached hydrogens (tertiary/aromatic N) is 2. The van der Waals surface area contributed by atoms with Gasteiger partial charge in [-0.2, -0.15) is 5.10 Å². The maximum Gasteiger partial charge on any atom is 0.257 e. The van der Waals surface area contributed by atoms with Gasteiger partial charge in [-0.05, 0) is 18.9 Å². The minimum atomic E-state index is -3.47. The Bertz CT molecular complexity index is 443. The minimum Gasteiger partial charge on any atom is -0.256 e. The number of aromatic nitrogens is 2. The molecule has 0 fully saturated rings. The Morgan fingerprint density at radius 2 is 2.19 bits per heavy atom. The van der Waals surface area contributed by atoms with Gasteiger partial charge < -0.3 is 0 Å². The standard InChI is InChI=1S/C9H16BrN3O2S/c1-7(6-10)8(2)12-16(14,15)9-4-5-11-13(9)3/h4-5,7-8,12H,6H2,1-3H3. The van der Waals surface area contributed by atoms with E-state index in [1.165, 1.54) is 16.9 Å². The summed E-state index contributed by atoms with van der Waals surface area (Å²) in [6, 6.07) is 1.35. The van der Waals surface area contributed by atoms with Gasteiger partial charge in [0, 0.05) is 18.4 Å². The number of hydrogen-bond donors (Lipinski definition) is 1. The van der Waals surface area contributed by atoms with Crippen LogP contribution in [0.15, 0.2) is 17.3 Å². The van der Waals surface area contributed by atoms with Crippen molar-refractivity contribution in [2.75, 3.05) is 5.33 Å². The van der Waals surface area contributed by atoms with Gasteiger partial charge in [-0.15, -0.1) is 0 Å². The molecule has 1 aromatic heterocycles. The highest BCUT2D eigenvalue weighted by atomic mass is 79.9. The van der Waals surface area contributed by atoms with Crippen molar-refractivity contribution in [3.63, 3.8) is 0 Å². The van der Waals surface area contributed by atoms with Crippen LogP contribution in [0.4, 0.5) is 0 Å². The third-order valence-electron chi connectivity index (χ3n) is 2.49. The van der Waals surface area contributed by atoms with E-state index in [1.807, 2.05) is 13.8 Å². The van der Waals surface area contributed by atoms with Crippen LogP contribution in [-0.2, 0) is 17.1 Å². The van der Waals surface area contributed by atoms with Gasteiger partial charge in [0.1, 0.15) is 0 Å². The van der Waals surface area contributed by atoms with E-state index < -0.39 is 10.0 Å². The second-order valence-corrected chi connectivity index (χ2v) is 6.14. The van der Waals surface area contributed by atoms with Gasteiger partial charge in [0.15, 0.2) is 5.03 Å². The van der Waals surface area contributed by atoms with E-state index in [4.69, 9.17) is 0 Å². The first kappa shape index (κ1) is 13.7. The molecule has 5 nitrogen and oxygen atoms in total. The van der Waals surface area contributed by atoms with E-state index in [0.29, 0.717) is 0 Å². The minimum absolute atomic E-state index is 0.126. The fourth-order valence-electron chi connectivity index (χ4n) is 1.18. The smallest absolute Gasteiger partial charge is 0.256 e. The number of rotatable bonds is 5. The number of halogens is 1. The van der Waals surface area contributed by atoms with Crippen molar-refractivity contribution in [3.8, 4) is 0 Å². The van der Waals surface area contributed by atoms with Crippen LogP contribution in [0.1, 0.15) is 13.8 Å². The fourth-order valence-corrected chi connectivity index (χ4v) is 3.22. The van der Waals surface area contributed by atoms with Crippen LogP contribution in [0.2, 0.25) is 0 Å². The summed E-state index contributed by atoms with van der Waals surface area (Å²) in [5.74, 6) is 0.225. The van der Waals surface area contributed by atoms with Crippen LogP contribution in [-0.4, -0.2) is 29.6 Å². The Labute approximate surface area is 104 Å². The van der Waals surface area contributed by atoms with Crippen molar-refractivity contribution < 1.29 is 8.42 Å². The second-order valence-electron chi connectivity index (χ2n) is 3.83. The quantitative estimate of drug-likeness (QED) is 0.829. The number of aryl methyl sites for hydroxylation is 1. The van der Waals surface area contributed by atoms with E-state index in [1.54, 1.807) is 7.05 Å². The summed E-state index contributed by atoms with van der Waals surface area (Å²) in [5, 5.41) is 4.78. The third kappa shape index (κ3) is 3.05. The molecule has 0 amide bonds. The lowest BCUT2D eigenvalue weighted by Crippen LogP contribution is -2.38. The number of hydrogen-bond acceptors (Lipinski definition) is 3. The highest BCUT2D eigenvalue weighted by molar-refractivity contribution is 9.09. The van der Waals surface area contributed by atoms with E-state index in [2.05, 4.69) is 25.8 Å². The molecular formula is C9H16BrN3O2S. The SMILES string of the molecule is CC(CBr)C(C)NS(=O)(=O)c1ccnn1C. The molecule has 0 aliphatic carbocycles. The maximum absolute atomic E-state index is 12.0. The van der Waals surface area contributed by atoms with Crippen molar-refractivity contribution in [3.05, 3.63) is 12.3 Å². The number of nitrogens with one attached hydrogen (secondary N) is 1. The Kier molecular flexibility index (Phi) is 4.52. The lowest BCUT2D eigenvalue weighted by molar-refractivity contribution is 0.479. The first-order valence-electron chi connectivity index (χ1n) is 4.94. The predicted octanol–water partition coefficient (Wildman–Crippen LogP) is 1.12. The van der Waals surface area contributed by atoms with E-state index in [-0.39, 0.29) is 17.0 Å². The number of alkyl halides is 1. The molecule has 0 bridgehead atoms. The highest BCUT2D eigenvalue weighted by Gasteiger charge is 2.22. The second kappa shape index (κ2) is 5.29. The van der Waals surface area contributed by atoms with Crippen LogP contribution < -0.4 is 4.72 Å². The Morgan fingerprint density at radius 3 is 2.62 bits per heavy atom. The summed E-state index contributed by atoms with van der Waals surface area (Å²) in [6.45, 7) is 3.82. The third-order valence-corrected chi connectivity index (χ3v) is 5.14. The van der Waals surface area contributed by atoms with Crippen molar-refractivity contribution >= 4 is 26.0 Å². The monoisotopic (exact) mass is 309 g/mol. The van der Waals surface area contributed by atoms with Crippen LogP contribution in [0, 0.1) is 5.92 Å². The average molecular weight is 310 g/mol. The van der Waals surface area contributed by atoms with Crippen molar-refractivity contribution in [1.82, 2.24) is 14.5 Å². The molecule has 0 aliphatic rings. The molecule has 2 atom stereocenters. The van der Waals surface area contributed by atoms with Crippen LogP contribution >= 0.6 is 15.9 Å². The average Bonchev–Trinajstić information content (AvgIpc) is 2.63. The van der Waals surface area contributed by atoms with Gasteiger partial charge in [-0.25, -0.2) is 13.1 Å². The van der Waals surface area contributed by atoms with Gasteiger partial charge in [-0.1, -0.05) is 22.9 Å². The molecule has 2 unspecified atom stereocenters. The van der Waals surface area contributed by atoms with E-state index in [9.17, 15) is 8.42 Å². The lowest BCUT2D eigenvalue weighted by Gasteiger charge is -2.19. The summed E-state index contributed by atoms with van der Waals surface area (Å²) in [4.78, 5) is 0. The molecule has 7 heteroatoms. The molecule has 0 aliphatic heterocycles. The molecule has 0 radical (unpaired) electrons. The van der Waals surface area contributed by atoms with Gasteiger partial charge in [0.25, 0.3) is 10.0 Å². The first-order chi connectivity index (χ1) is 7.38. The molecule has 1 N–H and O–H groups in total. The molecule has 0 saturated carbocycles. The van der Waals surface area contributed by atoms with Gasteiger partial charge in [0.2, 0.25) is 0 Å². The molecule has 16 heavy (non-hydrogen) atoms. The molecule has 1 rings (SSSR count). The summed E-state index contributed by atoms with van der Waals surface area (Å²) in [6.07, 6.45) is 1.47. The Balaban J connectivity index is 2.85. The fraction of sp³-hybridized carbons (Fsp3) is 0.667. The van der Waals surface area contributed by atoms with E-state index >= 15 is 0 Å². The van der Waals surface area contributed by atoms with Crippen LogP contribution in [0.3, 0.4) is 0 Å². The van der Waals surface area contributed by atoms with Crippen LogP contribution in [0.25, 0.3) is 0 Å². The molecule has 1 aromatic rings. The first-order valence-corrected chi connectivity index (χ1v) is 7.55. The summed E-state index contributed by atoms with van der Waals surface area (Å²) in [7, 11) is -1.87. The summed E-state index contributed by atoms with van der Waals surface area (Å²) in [5.41, 5.74) is 0. The highest BCUT2D eigenvalue weighted by Crippen LogP contribution is 2.11. The summed E-state index contributed by atoms with van der Waals surface area (Å²) < 4.78 is 27.9. The largest absolute Gasteiger partial charge is 0.257 e. The zero-order valence-corrected chi connectivity index (χ0v) is 11.9. The van der Waals surface area contributed by atoms with Crippen molar-refractivity contribution in [2.24, 2.45) is 13.0 Å². The Hall–Kier alpha value is -0.400. The van der Waals surface area contributed by atoms with Crippen molar-refractivity contribution in [2.45, 2.75) is 24.9 Å². The number of sulfonamides is 1. The molecule has 92 valence electrons. The molecule has 0 aromatic carbocycles. The van der Waals surface area contributed by atoms with Gasteiger partial charge in [0.05, 0.1) is 6.20 Å². The van der Waals surface area contributed by atoms with E-state index in [0.717, 1.165) is 5.33 Å². The van der Waals surface area contributed by atoms with Crippen LogP contribution in [0.5, 0.6) is 0 Å². The molecule has 0 spiro atoms.